The van der Waals surface area contributed by atoms with Crippen molar-refractivity contribution in [3.8, 4) is 0 Å². The number of aryl methyl sites for hydroxylation is 2. The number of hydrogen-bond donors (Lipinski definition) is 1. The van der Waals surface area contributed by atoms with Gasteiger partial charge in [-0.25, -0.2) is 0 Å². The van der Waals surface area contributed by atoms with Crippen molar-refractivity contribution in [2.75, 3.05) is 0 Å². The van der Waals surface area contributed by atoms with E-state index < -0.39 is 0 Å². The second kappa shape index (κ2) is 6.69. The summed E-state index contributed by atoms with van der Waals surface area (Å²) in [5.41, 5.74) is 0.654. The first-order chi connectivity index (χ1) is 9.65. The van der Waals surface area contributed by atoms with Crippen LogP contribution < -0.4 is 5.32 Å². The molecule has 0 fully saturated rings. The first-order valence-corrected chi connectivity index (χ1v) is 7.45. The van der Waals surface area contributed by atoms with Gasteiger partial charge >= 0.3 is 0 Å². The van der Waals surface area contributed by atoms with Gasteiger partial charge in [0.25, 0.3) is 5.91 Å². The van der Waals surface area contributed by atoms with Crippen LogP contribution in [0.3, 0.4) is 0 Å². The molecule has 0 aliphatic heterocycles. The Morgan fingerprint density at radius 2 is 2.20 bits per heavy atom. The molecule has 0 unspecified atom stereocenters. The van der Waals surface area contributed by atoms with Crippen LogP contribution in [0.5, 0.6) is 0 Å². The van der Waals surface area contributed by atoms with Crippen molar-refractivity contribution in [3.05, 3.63) is 34.6 Å². The molecule has 0 radical (unpaired) electrons. The Morgan fingerprint density at radius 1 is 1.40 bits per heavy atom. The molecule has 0 aliphatic rings. The summed E-state index contributed by atoms with van der Waals surface area (Å²) >= 11 is 3.41. The molecule has 0 aromatic carbocycles. The standard InChI is InChI=1S/C13H18BrN5O/c1-3-5-19-8-10(14)6-11(19)13(20)15-7-12-17-16-9-18(12)4-2/h6,8-9H,3-5,7H2,1-2H3,(H,15,20). The molecule has 2 aromatic rings. The van der Waals surface area contributed by atoms with E-state index in [1.807, 2.05) is 28.3 Å². The van der Waals surface area contributed by atoms with Crippen LogP contribution in [0.2, 0.25) is 0 Å². The molecule has 20 heavy (non-hydrogen) atoms. The fourth-order valence-corrected chi connectivity index (χ4v) is 2.48. The summed E-state index contributed by atoms with van der Waals surface area (Å²) in [7, 11) is 0. The summed E-state index contributed by atoms with van der Waals surface area (Å²) in [5, 5.41) is 10.7. The van der Waals surface area contributed by atoms with Crippen LogP contribution >= 0.6 is 15.9 Å². The maximum absolute atomic E-state index is 12.2. The number of rotatable bonds is 6. The Labute approximate surface area is 126 Å². The topological polar surface area (TPSA) is 64.7 Å². The lowest BCUT2D eigenvalue weighted by Gasteiger charge is -2.08. The lowest BCUT2D eigenvalue weighted by Crippen LogP contribution is -2.26. The van der Waals surface area contributed by atoms with Gasteiger partial charge in [-0.05, 0) is 35.3 Å². The highest BCUT2D eigenvalue weighted by atomic mass is 79.9. The Morgan fingerprint density at radius 3 is 2.90 bits per heavy atom. The van der Waals surface area contributed by atoms with E-state index in [-0.39, 0.29) is 5.91 Å². The van der Waals surface area contributed by atoms with Gasteiger partial charge in [-0.15, -0.1) is 10.2 Å². The van der Waals surface area contributed by atoms with Gasteiger partial charge in [-0.3, -0.25) is 4.79 Å². The van der Waals surface area contributed by atoms with Gasteiger partial charge in [0.15, 0.2) is 5.82 Å². The number of hydrogen-bond acceptors (Lipinski definition) is 3. The number of carbonyl (C=O) groups is 1. The molecule has 0 atom stereocenters. The molecule has 1 amide bonds. The molecule has 2 heterocycles. The number of carbonyl (C=O) groups excluding carboxylic acids is 1. The number of nitrogens with zero attached hydrogens (tertiary/aromatic N) is 4. The Bertz CT molecular complexity index is 589. The van der Waals surface area contributed by atoms with E-state index in [0.29, 0.717) is 12.2 Å². The van der Waals surface area contributed by atoms with Crippen molar-refractivity contribution in [3.63, 3.8) is 0 Å². The molecular weight excluding hydrogens is 322 g/mol. The van der Waals surface area contributed by atoms with Gasteiger partial charge in [-0.2, -0.15) is 0 Å². The lowest BCUT2D eigenvalue weighted by molar-refractivity contribution is 0.0940. The zero-order valence-electron chi connectivity index (χ0n) is 11.6. The summed E-state index contributed by atoms with van der Waals surface area (Å²) in [4.78, 5) is 12.2. The average Bonchev–Trinajstić information content (AvgIpc) is 3.02. The SMILES string of the molecule is CCCn1cc(Br)cc1C(=O)NCc1nncn1CC. The fraction of sp³-hybridized carbons (Fsp3) is 0.462. The molecule has 0 bridgehead atoms. The Hall–Kier alpha value is -1.63. The number of nitrogens with one attached hydrogen (secondary N) is 1. The molecule has 2 aromatic heterocycles. The third kappa shape index (κ3) is 3.27. The van der Waals surface area contributed by atoms with E-state index in [9.17, 15) is 4.79 Å². The van der Waals surface area contributed by atoms with E-state index >= 15 is 0 Å². The maximum atomic E-state index is 12.2. The molecule has 0 aliphatic carbocycles. The molecule has 0 spiro atoms. The zero-order chi connectivity index (χ0) is 14.5. The van der Waals surface area contributed by atoms with Gasteiger partial charge in [0, 0.05) is 23.8 Å². The number of halogens is 1. The van der Waals surface area contributed by atoms with E-state index in [0.717, 1.165) is 29.8 Å². The molecule has 0 saturated heterocycles. The highest BCUT2D eigenvalue weighted by molar-refractivity contribution is 9.10. The Kier molecular flexibility index (Phi) is 4.94. The highest BCUT2D eigenvalue weighted by Gasteiger charge is 2.13. The minimum atomic E-state index is -0.102. The third-order valence-corrected chi connectivity index (χ3v) is 3.44. The van der Waals surface area contributed by atoms with Crippen LogP contribution in [0.4, 0.5) is 0 Å². The number of amides is 1. The summed E-state index contributed by atoms with van der Waals surface area (Å²) in [6.45, 7) is 6.08. The van der Waals surface area contributed by atoms with Crippen molar-refractivity contribution in [2.45, 2.75) is 39.9 Å². The van der Waals surface area contributed by atoms with Crippen molar-refractivity contribution in [1.82, 2.24) is 24.6 Å². The van der Waals surface area contributed by atoms with Crippen LogP contribution in [0.25, 0.3) is 0 Å². The van der Waals surface area contributed by atoms with Crippen molar-refractivity contribution < 1.29 is 4.79 Å². The lowest BCUT2D eigenvalue weighted by atomic mass is 10.3. The first-order valence-electron chi connectivity index (χ1n) is 6.66. The van der Waals surface area contributed by atoms with Crippen molar-refractivity contribution in [1.29, 1.82) is 0 Å². The van der Waals surface area contributed by atoms with E-state index in [2.05, 4.69) is 38.4 Å². The van der Waals surface area contributed by atoms with Crippen LogP contribution in [-0.2, 0) is 19.6 Å². The van der Waals surface area contributed by atoms with Crippen LogP contribution in [0.1, 0.15) is 36.6 Å². The minimum Gasteiger partial charge on any atom is -0.343 e. The van der Waals surface area contributed by atoms with Crippen LogP contribution in [0.15, 0.2) is 23.1 Å². The van der Waals surface area contributed by atoms with Gasteiger partial charge in [-0.1, -0.05) is 6.92 Å². The Balaban J connectivity index is 2.05. The van der Waals surface area contributed by atoms with E-state index in [4.69, 9.17) is 0 Å². The van der Waals surface area contributed by atoms with Crippen LogP contribution in [-0.4, -0.2) is 25.2 Å². The van der Waals surface area contributed by atoms with E-state index in [1.54, 1.807) is 6.33 Å². The molecule has 6 nitrogen and oxygen atoms in total. The smallest absolute Gasteiger partial charge is 0.268 e. The predicted molar refractivity (Wildman–Crippen MR) is 79.3 cm³/mol. The summed E-state index contributed by atoms with van der Waals surface area (Å²) in [6.07, 6.45) is 4.57. The van der Waals surface area contributed by atoms with Crippen LogP contribution in [0, 0.1) is 0 Å². The zero-order valence-corrected chi connectivity index (χ0v) is 13.2. The van der Waals surface area contributed by atoms with Gasteiger partial charge in [0.05, 0.1) is 6.54 Å². The summed E-state index contributed by atoms with van der Waals surface area (Å²) in [5.74, 6) is 0.656. The molecule has 2 rings (SSSR count). The highest BCUT2D eigenvalue weighted by Crippen LogP contribution is 2.15. The summed E-state index contributed by atoms with van der Waals surface area (Å²) < 4.78 is 4.76. The van der Waals surface area contributed by atoms with Crippen molar-refractivity contribution in [2.24, 2.45) is 0 Å². The normalized spacial score (nSPS) is 10.8. The first kappa shape index (κ1) is 14.8. The van der Waals surface area contributed by atoms with Crippen molar-refractivity contribution >= 4 is 21.8 Å². The second-order valence-electron chi connectivity index (χ2n) is 4.45. The largest absolute Gasteiger partial charge is 0.343 e. The van der Waals surface area contributed by atoms with Gasteiger partial charge in [0.2, 0.25) is 0 Å². The molecule has 1 N–H and O–H groups in total. The molecule has 7 heteroatoms. The second-order valence-corrected chi connectivity index (χ2v) is 5.37. The molecule has 108 valence electrons. The average molecular weight is 340 g/mol. The molecular formula is C13H18BrN5O. The monoisotopic (exact) mass is 339 g/mol. The maximum Gasteiger partial charge on any atom is 0.268 e. The minimum absolute atomic E-state index is 0.102. The quantitative estimate of drug-likeness (QED) is 0.877. The molecule has 0 saturated carbocycles. The summed E-state index contributed by atoms with van der Waals surface area (Å²) in [6, 6.07) is 1.83. The number of aromatic nitrogens is 4. The van der Waals surface area contributed by atoms with Gasteiger partial charge < -0.3 is 14.5 Å². The predicted octanol–water partition coefficient (Wildman–Crippen LogP) is 2.20. The fourth-order valence-electron chi connectivity index (χ4n) is 2.02. The van der Waals surface area contributed by atoms with Gasteiger partial charge in [0.1, 0.15) is 12.0 Å². The third-order valence-electron chi connectivity index (χ3n) is 3.00. The van der Waals surface area contributed by atoms with E-state index in [1.165, 1.54) is 0 Å².